The molecule has 2 rings (SSSR count). The van der Waals surface area contributed by atoms with Gasteiger partial charge in [-0.15, -0.1) is 0 Å². The number of halogens is 1. The van der Waals surface area contributed by atoms with Gasteiger partial charge in [0.2, 0.25) is 0 Å². The molecule has 1 saturated heterocycles. The van der Waals surface area contributed by atoms with Crippen LogP contribution in [0.15, 0.2) is 24.3 Å². The Morgan fingerprint density at radius 2 is 1.90 bits per heavy atom. The molecule has 1 aromatic carbocycles. The first-order valence-corrected chi connectivity index (χ1v) is 7.17. The van der Waals surface area contributed by atoms with E-state index in [4.69, 9.17) is 9.84 Å². The summed E-state index contributed by atoms with van der Waals surface area (Å²) in [6, 6.07) is 6.45. The van der Waals surface area contributed by atoms with Crippen molar-refractivity contribution in [2.75, 3.05) is 44.2 Å². The van der Waals surface area contributed by atoms with E-state index >= 15 is 0 Å². The third kappa shape index (κ3) is 4.41. The van der Waals surface area contributed by atoms with Crippen molar-refractivity contribution < 1.29 is 19.0 Å². The summed E-state index contributed by atoms with van der Waals surface area (Å²) in [5.41, 5.74) is 0.996. The number of nitrogens with zero attached hydrogens (tertiary/aromatic N) is 2. The number of carboxylic acids is 1. The van der Waals surface area contributed by atoms with E-state index in [0.29, 0.717) is 13.2 Å². The Morgan fingerprint density at radius 3 is 2.43 bits per heavy atom. The van der Waals surface area contributed by atoms with Crippen LogP contribution < -0.4 is 4.90 Å². The predicted molar refractivity (Wildman–Crippen MR) is 78.1 cm³/mol. The topological polar surface area (TPSA) is 53.0 Å². The maximum atomic E-state index is 12.9. The van der Waals surface area contributed by atoms with Crippen LogP contribution in [0.25, 0.3) is 0 Å². The number of hydrogen-bond acceptors (Lipinski definition) is 4. The zero-order valence-corrected chi connectivity index (χ0v) is 12.2. The van der Waals surface area contributed by atoms with Crippen LogP contribution >= 0.6 is 0 Å². The van der Waals surface area contributed by atoms with Gasteiger partial charge in [0, 0.05) is 45.0 Å². The second-order valence-electron chi connectivity index (χ2n) is 5.05. The number of piperazine rings is 1. The molecule has 0 amide bonds. The van der Waals surface area contributed by atoms with Crippen molar-refractivity contribution >= 4 is 11.7 Å². The molecule has 1 aliphatic heterocycles. The van der Waals surface area contributed by atoms with Crippen molar-refractivity contribution in [2.24, 2.45) is 0 Å². The van der Waals surface area contributed by atoms with Gasteiger partial charge >= 0.3 is 5.97 Å². The minimum Gasteiger partial charge on any atom is -0.479 e. The highest BCUT2D eigenvalue weighted by Crippen LogP contribution is 2.17. The molecule has 1 unspecified atom stereocenters. The Kier molecular flexibility index (Phi) is 5.52. The lowest BCUT2D eigenvalue weighted by molar-refractivity contribution is -0.151. The molecule has 6 heteroatoms. The Balaban J connectivity index is 1.85. The van der Waals surface area contributed by atoms with Crippen LogP contribution in [0.3, 0.4) is 0 Å². The minimum atomic E-state index is -0.919. The zero-order chi connectivity index (χ0) is 15.2. The Morgan fingerprint density at radius 1 is 1.29 bits per heavy atom. The van der Waals surface area contributed by atoms with Crippen molar-refractivity contribution in [3.63, 3.8) is 0 Å². The van der Waals surface area contributed by atoms with Crippen molar-refractivity contribution in [3.8, 4) is 0 Å². The molecule has 21 heavy (non-hydrogen) atoms. The molecular formula is C15H21FN2O3. The number of benzene rings is 1. The van der Waals surface area contributed by atoms with Gasteiger partial charge in [-0.3, -0.25) is 4.90 Å². The highest BCUT2D eigenvalue weighted by atomic mass is 19.1. The second kappa shape index (κ2) is 7.38. The molecule has 5 nitrogen and oxygen atoms in total. The number of carboxylic acid groups (broad SMARTS) is 1. The molecule has 0 radical (unpaired) electrons. The highest BCUT2D eigenvalue weighted by Gasteiger charge is 2.24. The van der Waals surface area contributed by atoms with Crippen LogP contribution in [0, 0.1) is 5.82 Å². The molecule has 1 N–H and O–H groups in total. The first-order valence-electron chi connectivity index (χ1n) is 7.17. The molecule has 0 bridgehead atoms. The van der Waals surface area contributed by atoms with Crippen molar-refractivity contribution in [2.45, 2.75) is 13.0 Å². The van der Waals surface area contributed by atoms with Crippen molar-refractivity contribution in [1.29, 1.82) is 0 Å². The summed E-state index contributed by atoms with van der Waals surface area (Å²) in [5, 5.41) is 9.09. The Labute approximate surface area is 123 Å². The third-order valence-corrected chi connectivity index (χ3v) is 3.63. The van der Waals surface area contributed by atoms with E-state index in [-0.39, 0.29) is 5.82 Å². The summed E-state index contributed by atoms with van der Waals surface area (Å²) in [6.07, 6.45) is -0.771. The van der Waals surface area contributed by atoms with E-state index in [0.717, 1.165) is 31.9 Å². The molecule has 1 aliphatic rings. The van der Waals surface area contributed by atoms with Gasteiger partial charge < -0.3 is 14.7 Å². The number of aliphatic carboxylic acids is 1. The smallest absolute Gasteiger partial charge is 0.334 e. The molecule has 1 aromatic rings. The fourth-order valence-corrected chi connectivity index (χ4v) is 2.48. The maximum Gasteiger partial charge on any atom is 0.334 e. The van der Waals surface area contributed by atoms with E-state index in [9.17, 15) is 9.18 Å². The Bertz CT molecular complexity index is 458. The fourth-order valence-electron chi connectivity index (χ4n) is 2.48. The maximum absolute atomic E-state index is 12.9. The van der Waals surface area contributed by atoms with E-state index in [1.54, 1.807) is 19.1 Å². The van der Waals surface area contributed by atoms with Gasteiger partial charge in [0.25, 0.3) is 0 Å². The number of rotatable bonds is 6. The normalized spacial score (nSPS) is 17.7. The lowest BCUT2D eigenvalue weighted by Crippen LogP contribution is -2.50. The van der Waals surface area contributed by atoms with Gasteiger partial charge in [-0.2, -0.15) is 0 Å². The summed E-state index contributed by atoms with van der Waals surface area (Å²) < 4.78 is 18.1. The highest BCUT2D eigenvalue weighted by molar-refractivity contribution is 5.72. The third-order valence-electron chi connectivity index (χ3n) is 3.63. The Hall–Kier alpha value is -1.66. The molecule has 0 aliphatic carbocycles. The lowest BCUT2D eigenvalue weighted by Gasteiger charge is -2.36. The SMILES string of the molecule is CCOC(CN1CCN(c2ccc(F)cc2)CC1)C(=O)O. The van der Waals surface area contributed by atoms with E-state index < -0.39 is 12.1 Å². The van der Waals surface area contributed by atoms with Gasteiger partial charge in [0.15, 0.2) is 6.10 Å². The van der Waals surface area contributed by atoms with Gasteiger partial charge in [0.05, 0.1) is 0 Å². The number of anilines is 1. The summed E-state index contributed by atoms with van der Waals surface area (Å²) in [6.45, 7) is 5.73. The molecule has 1 fully saturated rings. The molecule has 0 aromatic heterocycles. The fraction of sp³-hybridized carbons (Fsp3) is 0.533. The summed E-state index contributed by atoms with van der Waals surface area (Å²) in [7, 11) is 0. The average molecular weight is 296 g/mol. The zero-order valence-electron chi connectivity index (χ0n) is 12.2. The average Bonchev–Trinajstić information content (AvgIpc) is 2.48. The number of ether oxygens (including phenoxy) is 1. The minimum absolute atomic E-state index is 0.238. The van der Waals surface area contributed by atoms with Crippen LogP contribution in [-0.2, 0) is 9.53 Å². The van der Waals surface area contributed by atoms with Crippen LogP contribution in [0.5, 0.6) is 0 Å². The predicted octanol–water partition coefficient (Wildman–Crippen LogP) is 1.44. The van der Waals surface area contributed by atoms with Crippen LogP contribution in [0.2, 0.25) is 0 Å². The molecule has 0 saturated carbocycles. The quantitative estimate of drug-likeness (QED) is 0.861. The molecule has 116 valence electrons. The monoisotopic (exact) mass is 296 g/mol. The van der Waals surface area contributed by atoms with Gasteiger partial charge in [-0.25, -0.2) is 9.18 Å². The van der Waals surface area contributed by atoms with Crippen LogP contribution in [0.1, 0.15) is 6.92 Å². The standard InChI is InChI=1S/C15H21FN2O3/c1-2-21-14(15(19)20)11-17-7-9-18(10-8-17)13-5-3-12(16)4-6-13/h3-6,14H,2,7-11H2,1H3,(H,19,20). The summed E-state index contributed by atoms with van der Waals surface area (Å²) in [5.74, 6) is -1.16. The summed E-state index contributed by atoms with van der Waals surface area (Å²) in [4.78, 5) is 15.3. The largest absolute Gasteiger partial charge is 0.479 e. The van der Waals surface area contributed by atoms with Gasteiger partial charge in [0.1, 0.15) is 5.82 Å². The lowest BCUT2D eigenvalue weighted by atomic mass is 10.2. The molecule has 1 heterocycles. The molecular weight excluding hydrogens is 275 g/mol. The first-order chi connectivity index (χ1) is 10.1. The van der Waals surface area contributed by atoms with E-state index in [2.05, 4.69) is 9.80 Å². The number of hydrogen-bond donors (Lipinski definition) is 1. The molecule has 0 spiro atoms. The van der Waals surface area contributed by atoms with E-state index in [1.165, 1.54) is 12.1 Å². The van der Waals surface area contributed by atoms with E-state index in [1.807, 2.05) is 0 Å². The van der Waals surface area contributed by atoms with Gasteiger partial charge in [-0.1, -0.05) is 0 Å². The van der Waals surface area contributed by atoms with Crippen molar-refractivity contribution in [3.05, 3.63) is 30.1 Å². The second-order valence-corrected chi connectivity index (χ2v) is 5.05. The molecule has 1 atom stereocenters. The first kappa shape index (κ1) is 15.7. The van der Waals surface area contributed by atoms with Crippen LogP contribution in [0.4, 0.5) is 10.1 Å². The van der Waals surface area contributed by atoms with Gasteiger partial charge in [-0.05, 0) is 31.2 Å². The summed E-state index contributed by atoms with van der Waals surface area (Å²) >= 11 is 0. The van der Waals surface area contributed by atoms with Crippen LogP contribution in [-0.4, -0.2) is 61.4 Å². The number of carbonyl (C=O) groups is 1. The van der Waals surface area contributed by atoms with Crippen molar-refractivity contribution in [1.82, 2.24) is 4.90 Å².